The Balaban J connectivity index is 2.55. The predicted molar refractivity (Wildman–Crippen MR) is 99.6 cm³/mol. The molecule has 1 heterocycles. The Morgan fingerprint density at radius 2 is 1.73 bits per heavy atom. The molecule has 0 radical (unpaired) electrons. The lowest BCUT2D eigenvalue weighted by Crippen LogP contribution is -2.43. The number of nitrogens with one attached hydrogen (secondary N) is 1. The maximum Gasteiger partial charge on any atom is 0.280 e. The monoisotopic (exact) mass is 382 g/mol. The molecule has 1 unspecified atom stereocenters. The van der Waals surface area contributed by atoms with Gasteiger partial charge in [0.25, 0.3) is 10.2 Å². The normalized spacial score (nSPS) is 13.0. The van der Waals surface area contributed by atoms with Crippen LogP contribution in [0.25, 0.3) is 0 Å². The minimum Gasteiger partial charge on any atom is -0.497 e. The van der Waals surface area contributed by atoms with Crippen LogP contribution in [0.5, 0.6) is 11.5 Å². The van der Waals surface area contributed by atoms with Gasteiger partial charge in [0.1, 0.15) is 23.4 Å². The van der Waals surface area contributed by atoms with Crippen LogP contribution in [0, 0.1) is 0 Å². The van der Waals surface area contributed by atoms with Crippen molar-refractivity contribution in [3.05, 3.63) is 42.0 Å². The van der Waals surface area contributed by atoms with Gasteiger partial charge in [-0.25, -0.2) is 4.98 Å². The minimum absolute atomic E-state index is 0.376. The van der Waals surface area contributed by atoms with Gasteiger partial charge in [-0.15, -0.1) is 0 Å². The molecule has 0 saturated carbocycles. The van der Waals surface area contributed by atoms with Crippen LogP contribution >= 0.6 is 0 Å². The van der Waals surface area contributed by atoms with Gasteiger partial charge in [-0.2, -0.15) is 17.4 Å². The molecule has 0 aliphatic rings. The summed E-state index contributed by atoms with van der Waals surface area (Å²) in [4.78, 5) is 4.33. The van der Waals surface area contributed by atoms with Crippen LogP contribution in [0.1, 0.15) is 31.3 Å². The molecule has 1 atom stereocenters. The van der Waals surface area contributed by atoms with E-state index in [1.807, 2.05) is 7.05 Å². The third-order valence-corrected chi connectivity index (χ3v) is 5.87. The van der Waals surface area contributed by atoms with Crippen molar-refractivity contribution in [2.24, 2.45) is 7.05 Å². The Hall–Kier alpha value is -2.10. The summed E-state index contributed by atoms with van der Waals surface area (Å²) >= 11 is 0. The van der Waals surface area contributed by atoms with E-state index in [2.05, 4.69) is 9.71 Å². The summed E-state index contributed by atoms with van der Waals surface area (Å²) in [7, 11) is 1.21. The number of benzene rings is 1. The van der Waals surface area contributed by atoms with E-state index in [4.69, 9.17) is 9.47 Å². The number of hydrogen-bond acceptors (Lipinski definition) is 5. The van der Waals surface area contributed by atoms with Crippen molar-refractivity contribution in [2.75, 3.05) is 27.3 Å². The zero-order chi connectivity index (χ0) is 19.3. The van der Waals surface area contributed by atoms with E-state index in [-0.39, 0.29) is 0 Å². The molecular weight excluding hydrogens is 356 g/mol. The summed E-state index contributed by atoms with van der Waals surface area (Å²) in [5.41, 5.74) is 0.672. The highest BCUT2D eigenvalue weighted by molar-refractivity contribution is 7.87. The Labute approximate surface area is 154 Å². The van der Waals surface area contributed by atoms with Gasteiger partial charge in [0.2, 0.25) is 0 Å². The Kier molecular flexibility index (Phi) is 6.63. The van der Waals surface area contributed by atoms with Crippen LogP contribution in [-0.2, 0) is 17.3 Å². The van der Waals surface area contributed by atoms with E-state index in [1.165, 1.54) is 4.31 Å². The summed E-state index contributed by atoms with van der Waals surface area (Å²) in [6.45, 7) is 4.35. The zero-order valence-electron chi connectivity index (χ0n) is 15.8. The first kappa shape index (κ1) is 20.2. The van der Waals surface area contributed by atoms with Gasteiger partial charge < -0.3 is 14.0 Å². The highest BCUT2D eigenvalue weighted by Crippen LogP contribution is 2.30. The maximum atomic E-state index is 12.8. The largest absolute Gasteiger partial charge is 0.497 e. The van der Waals surface area contributed by atoms with E-state index in [0.717, 1.165) is 0 Å². The number of hydrogen-bond donors (Lipinski definition) is 1. The number of ether oxygens (including phenoxy) is 2. The van der Waals surface area contributed by atoms with Crippen molar-refractivity contribution in [3.63, 3.8) is 0 Å². The van der Waals surface area contributed by atoms with Gasteiger partial charge >= 0.3 is 0 Å². The molecule has 0 aliphatic carbocycles. The molecule has 0 amide bonds. The lowest BCUT2D eigenvalue weighted by molar-refractivity contribution is 0.392. The molecule has 1 aromatic heterocycles. The summed E-state index contributed by atoms with van der Waals surface area (Å²) in [6, 6.07) is 4.58. The van der Waals surface area contributed by atoms with Gasteiger partial charge in [-0.05, 0) is 17.7 Å². The fraction of sp³-hybridized carbons (Fsp3) is 0.471. The number of nitrogens with zero attached hydrogens (tertiary/aromatic N) is 3. The maximum absolute atomic E-state index is 12.8. The Morgan fingerprint density at radius 1 is 1.15 bits per heavy atom. The molecule has 0 bridgehead atoms. The quantitative estimate of drug-likeness (QED) is 0.713. The molecule has 2 aromatic rings. The Morgan fingerprint density at radius 3 is 2.15 bits per heavy atom. The number of aromatic nitrogens is 2. The van der Waals surface area contributed by atoms with Crippen molar-refractivity contribution in [1.29, 1.82) is 0 Å². The minimum atomic E-state index is -3.70. The summed E-state index contributed by atoms with van der Waals surface area (Å²) in [6.07, 6.45) is 3.40. The second-order valence-corrected chi connectivity index (χ2v) is 7.38. The first-order valence-corrected chi connectivity index (χ1v) is 9.77. The van der Waals surface area contributed by atoms with Crippen molar-refractivity contribution in [1.82, 2.24) is 18.6 Å². The van der Waals surface area contributed by atoms with E-state index < -0.39 is 16.3 Å². The van der Waals surface area contributed by atoms with Crippen LogP contribution in [0.4, 0.5) is 0 Å². The molecule has 0 fully saturated rings. The summed E-state index contributed by atoms with van der Waals surface area (Å²) < 4.78 is 42.2. The SMILES string of the molecule is CCN(CC)S(=O)(=O)NC(c1cc(OC)cc(OC)c1)c1nccn1C. The van der Waals surface area contributed by atoms with E-state index in [1.54, 1.807) is 63.2 Å². The molecule has 0 aliphatic heterocycles. The Bertz CT molecular complexity index is 809. The first-order valence-electron chi connectivity index (χ1n) is 8.33. The van der Waals surface area contributed by atoms with Gasteiger partial charge in [-0.3, -0.25) is 0 Å². The van der Waals surface area contributed by atoms with Crippen LogP contribution in [0.3, 0.4) is 0 Å². The van der Waals surface area contributed by atoms with Crippen molar-refractivity contribution < 1.29 is 17.9 Å². The smallest absolute Gasteiger partial charge is 0.280 e. The van der Waals surface area contributed by atoms with Gasteiger partial charge in [0.15, 0.2) is 0 Å². The van der Waals surface area contributed by atoms with E-state index in [0.29, 0.717) is 36.0 Å². The van der Waals surface area contributed by atoms with Crippen molar-refractivity contribution in [3.8, 4) is 11.5 Å². The molecule has 0 spiro atoms. The fourth-order valence-corrected chi connectivity index (χ4v) is 4.08. The van der Waals surface area contributed by atoms with Gasteiger partial charge in [0.05, 0.1) is 14.2 Å². The molecule has 144 valence electrons. The highest BCUT2D eigenvalue weighted by atomic mass is 32.2. The van der Waals surface area contributed by atoms with E-state index >= 15 is 0 Å². The number of imidazole rings is 1. The third kappa shape index (κ3) is 4.35. The number of aryl methyl sites for hydroxylation is 1. The van der Waals surface area contributed by atoms with E-state index in [9.17, 15) is 8.42 Å². The molecule has 1 aromatic carbocycles. The topological polar surface area (TPSA) is 85.7 Å². The molecule has 1 N–H and O–H groups in total. The van der Waals surface area contributed by atoms with Crippen LogP contribution in [0.2, 0.25) is 0 Å². The lowest BCUT2D eigenvalue weighted by Gasteiger charge is -2.25. The molecule has 8 nitrogen and oxygen atoms in total. The van der Waals surface area contributed by atoms with Crippen LogP contribution in [0.15, 0.2) is 30.6 Å². The molecule has 26 heavy (non-hydrogen) atoms. The van der Waals surface area contributed by atoms with Gasteiger partial charge in [0, 0.05) is 38.6 Å². The van der Waals surface area contributed by atoms with Crippen LogP contribution < -0.4 is 14.2 Å². The number of methoxy groups -OCH3 is 2. The van der Waals surface area contributed by atoms with Crippen LogP contribution in [-0.4, -0.2) is 49.6 Å². The standard InChI is InChI=1S/C17H26N4O4S/c1-6-21(7-2)26(22,23)19-16(17-18-8-9-20(17)3)13-10-14(24-4)12-15(11-13)25-5/h8-12,16,19H,6-7H2,1-5H3. The lowest BCUT2D eigenvalue weighted by atomic mass is 10.1. The van der Waals surface area contributed by atoms with Crippen molar-refractivity contribution >= 4 is 10.2 Å². The summed E-state index contributed by atoms with van der Waals surface area (Å²) in [5.74, 6) is 1.71. The molecular formula is C17H26N4O4S. The highest BCUT2D eigenvalue weighted by Gasteiger charge is 2.28. The molecule has 2 rings (SSSR count). The number of rotatable bonds is 9. The molecule has 0 saturated heterocycles. The van der Waals surface area contributed by atoms with Crippen molar-refractivity contribution in [2.45, 2.75) is 19.9 Å². The fourth-order valence-electron chi connectivity index (χ4n) is 2.71. The second-order valence-electron chi connectivity index (χ2n) is 5.68. The summed E-state index contributed by atoms with van der Waals surface area (Å²) in [5, 5.41) is 0. The average Bonchev–Trinajstić information content (AvgIpc) is 3.05. The molecule has 9 heteroatoms. The third-order valence-electron chi connectivity index (χ3n) is 4.14. The predicted octanol–water partition coefficient (Wildman–Crippen LogP) is 1.70. The van der Waals surface area contributed by atoms with Gasteiger partial charge in [-0.1, -0.05) is 13.8 Å². The zero-order valence-corrected chi connectivity index (χ0v) is 16.6. The first-order chi connectivity index (χ1) is 12.4. The second kappa shape index (κ2) is 8.52. The average molecular weight is 382 g/mol.